The molecule has 29 heavy (non-hydrogen) atoms. The molecule has 1 saturated heterocycles. The van der Waals surface area contributed by atoms with Gasteiger partial charge in [0.05, 0.1) is 6.10 Å². The Balaban J connectivity index is 1.47. The van der Waals surface area contributed by atoms with Gasteiger partial charge < -0.3 is 24.8 Å². The Labute approximate surface area is 170 Å². The summed E-state index contributed by atoms with van der Waals surface area (Å²) in [5.74, 6) is 0.882. The van der Waals surface area contributed by atoms with Crippen molar-refractivity contribution in [2.75, 3.05) is 31.7 Å². The van der Waals surface area contributed by atoms with Gasteiger partial charge >= 0.3 is 0 Å². The molecule has 0 spiro atoms. The van der Waals surface area contributed by atoms with Crippen LogP contribution in [0.2, 0.25) is 0 Å². The lowest BCUT2D eigenvalue weighted by molar-refractivity contribution is -0.122. The molecule has 1 atom stereocenters. The Kier molecular flexibility index (Phi) is 7.47. The van der Waals surface area contributed by atoms with Gasteiger partial charge in [-0.2, -0.15) is 0 Å². The van der Waals surface area contributed by atoms with E-state index in [4.69, 9.17) is 14.2 Å². The van der Waals surface area contributed by atoms with Gasteiger partial charge in [-0.25, -0.2) is 0 Å². The molecule has 0 aromatic heterocycles. The van der Waals surface area contributed by atoms with Crippen molar-refractivity contribution < 1.29 is 23.8 Å². The smallest absolute Gasteiger partial charge is 0.257 e. The van der Waals surface area contributed by atoms with Gasteiger partial charge in [0.25, 0.3) is 11.8 Å². The highest BCUT2D eigenvalue weighted by Crippen LogP contribution is 2.19. The van der Waals surface area contributed by atoms with E-state index in [2.05, 4.69) is 10.6 Å². The number of ether oxygens (including phenoxy) is 3. The number of rotatable bonds is 9. The molecule has 0 aliphatic carbocycles. The van der Waals surface area contributed by atoms with Crippen molar-refractivity contribution in [1.29, 1.82) is 0 Å². The average Bonchev–Trinajstić information content (AvgIpc) is 3.26. The molecular formula is C22H26N2O5. The van der Waals surface area contributed by atoms with Gasteiger partial charge in [0.1, 0.15) is 18.1 Å². The molecule has 154 valence electrons. The summed E-state index contributed by atoms with van der Waals surface area (Å²) in [5.41, 5.74) is 1.17. The number of hydrogen-bond acceptors (Lipinski definition) is 5. The predicted molar refractivity (Wildman–Crippen MR) is 109 cm³/mol. The molecule has 2 aromatic rings. The molecule has 2 N–H and O–H groups in total. The van der Waals surface area contributed by atoms with Crippen molar-refractivity contribution in [2.45, 2.75) is 25.9 Å². The van der Waals surface area contributed by atoms with E-state index >= 15 is 0 Å². The molecule has 1 aliphatic heterocycles. The Morgan fingerprint density at radius 1 is 1.03 bits per heavy atom. The van der Waals surface area contributed by atoms with Crippen molar-refractivity contribution in [3.63, 3.8) is 0 Å². The van der Waals surface area contributed by atoms with E-state index in [0.29, 0.717) is 35.9 Å². The van der Waals surface area contributed by atoms with E-state index in [9.17, 15) is 9.59 Å². The normalized spacial score (nSPS) is 15.6. The number of hydrogen-bond donors (Lipinski definition) is 2. The van der Waals surface area contributed by atoms with Crippen LogP contribution in [0.4, 0.5) is 5.69 Å². The SMILES string of the molecule is CCNC(=O)COc1ccc(NC(=O)c2ccc(OCC3CCCO3)cc2)cc1. The first kappa shape index (κ1) is 20.7. The fourth-order valence-electron chi connectivity index (χ4n) is 2.90. The van der Waals surface area contributed by atoms with Gasteiger partial charge in [-0.3, -0.25) is 9.59 Å². The summed E-state index contributed by atoms with van der Waals surface area (Å²) in [4.78, 5) is 23.8. The highest BCUT2D eigenvalue weighted by molar-refractivity contribution is 6.04. The molecule has 1 aliphatic rings. The van der Waals surface area contributed by atoms with Crippen LogP contribution in [0.5, 0.6) is 11.5 Å². The van der Waals surface area contributed by atoms with Crippen LogP contribution in [0.15, 0.2) is 48.5 Å². The minimum absolute atomic E-state index is 0.0408. The largest absolute Gasteiger partial charge is 0.491 e. The monoisotopic (exact) mass is 398 g/mol. The number of likely N-dealkylation sites (N-methyl/N-ethyl adjacent to an activating group) is 1. The summed E-state index contributed by atoms with van der Waals surface area (Å²) in [6.45, 7) is 3.70. The van der Waals surface area contributed by atoms with E-state index in [1.807, 2.05) is 6.92 Å². The van der Waals surface area contributed by atoms with Crippen LogP contribution in [0.25, 0.3) is 0 Å². The van der Waals surface area contributed by atoms with Crippen LogP contribution >= 0.6 is 0 Å². The maximum Gasteiger partial charge on any atom is 0.257 e. The maximum atomic E-state index is 12.4. The lowest BCUT2D eigenvalue weighted by Crippen LogP contribution is -2.28. The van der Waals surface area contributed by atoms with Crippen molar-refractivity contribution in [1.82, 2.24) is 5.32 Å². The summed E-state index contributed by atoms with van der Waals surface area (Å²) >= 11 is 0. The van der Waals surface area contributed by atoms with E-state index in [0.717, 1.165) is 19.4 Å². The third kappa shape index (κ3) is 6.50. The third-order valence-electron chi connectivity index (χ3n) is 4.43. The zero-order valence-corrected chi connectivity index (χ0v) is 16.5. The Bertz CT molecular complexity index is 799. The summed E-state index contributed by atoms with van der Waals surface area (Å²) < 4.78 is 16.6. The molecular weight excluding hydrogens is 372 g/mol. The first-order valence-electron chi connectivity index (χ1n) is 9.79. The zero-order valence-electron chi connectivity index (χ0n) is 16.5. The molecule has 2 aromatic carbocycles. The minimum Gasteiger partial charge on any atom is -0.491 e. The third-order valence-corrected chi connectivity index (χ3v) is 4.43. The van der Waals surface area contributed by atoms with Crippen LogP contribution in [-0.4, -0.2) is 44.3 Å². The van der Waals surface area contributed by atoms with Gasteiger partial charge in [0.2, 0.25) is 0 Å². The molecule has 1 unspecified atom stereocenters. The number of benzene rings is 2. The summed E-state index contributed by atoms with van der Waals surface area (Å²) in [7, 11) is 0. The van der Waals surface area contributed by atoms with Crippen LogP contribution in [0.1, 0.15) is 30.1 Å². The maximum absolute atomic E-state index is 12.4. The van der Waals surface area contributed by atoms with Crippen LogP contribution in [-0.2, 0) is 9.53 Å². The molecule has 1 heterocycles. The quantitative estimate of drug-likeness (QED) is 0.678. The number of nitrogens with one attached hydrogen (secondary N) is 2. The average molecular weight is 398 g/mol. The molecule has 0 bridgehead atoms. The second-order valence-corrected chi connectivity index (χ2v) is 6.69. The van der Waals surface area contributed by atoms with Crippen molar-refractivity contribution >= 4 is 17.5 Å². The molecule has 3 rings (SSSR count). The highest BCUT2D eigenvalue weighted by atomic mass is 16.5. The molecule has 7 heteroatoms. The van der Waals surface area contributed by atoms with Gasteiger partial charge in [-0.15, -0.1) is 0 Å². The first-order valence-corrected chi connectivity index (χ1v) is 9.79. The number of anilines is 1. The minimum atomic E-state index is -0.216. The van der Waals surface area contributed by atoms with E-state index in [1.165, 1.54) is 0 Å². The second-order valence-electron chi connectivity index (χ2n) is 6.69. The zero-order chi connectivity index (χ0) is 20.5. The molecule has 0 saturated carbocycles. The number of carbonyl (C=O) groups excluding carboxylic acids is 2. The Morgan fingerprint density at radius 2 is 1.72 bits per heavy atom. The van der Waals surface area contributed by atoms with Crippen molar-refractivity contribution in [2.24, 2.45) is 0 Å². The number of carbonyl (C=O) groups is 2. The molecule has 1 fully saturated rings. The predicted octanol–water partition coefficient (Wildman–Crippen LogP) is 3.01. The summed E-state index contributed by atoms with van der Waals surface area (Å²) in [6.07, 6.45) is 2.26. The first-order chi connectivity index (χ1) is 14.1. The molecule has 7 nitrogen and oxygen atoms in total. The fourth-order valence-corrected chi connectivity index (χ4v) is 2.90. The standard InChI is InChI=1S/C22H26N2O5/c1-2-23-21(25)15-29-19-11-7-17(8-12-19)24-22(26)16-5-9-18(10-6-16)28-14-20-4-3-13-27-20/h5-12,20H,2-4,13-15H2,1H3,(H,23,25)(H,24,26). The van der Waals surface area contributed by atoms with Crippen LogP contribution < -0.4 is 20.1 Å². The van der Waals surface area contributed by atoms with Crippen molar-refractivity contribution in [3.05, 3.63) is 54.1 Å². The van der Waals surface area contributed by atoms with Crippen LogP contribution in [0.3, 0.4) is 0 Å². The second kappa shape index (κ2) is 10.5. The topological polar surface area (TPSA) is 85.9 Å². The lowest BCUT2D eigenvalue weighted by atomic mass is 10.2. The van der Waals surface area contributed by atoms with Gasteiger partial charge in [0.15, 0.2) is 6.61 Å². The van der Waals surface area contributed by atoms with E-state index in [1.54, 1.807) is 48.5 Å². The number of amides is 2. The fraction of sp³-hybridized carbons (Fsp3) is 0.364. The van der Waals surface area contributed by atoms with E-state index < -0.39 is 0 Å². The summed E-state index contributed by atoms with van der Waals surface area (Å²) in [5, 5.41) is 5.49. The Morgan fingerprint density at radius 3 is 2.38 bits per heavy atom. The van der Waals surface area contributed by atoms with Crippen LogP contribution in [0, 0.1) is 0 Å². The van der Waals surface area contributed by atoms with Gasteiger partial charge in [0, 0.05) is 24.4 Å². The van der Waals surface area contributed by atoms with E-state index in [-0.39, 0.29) is 24.5 Å². The van der Waals surface area contributed by atoms with Crippen molar-refractivity contribution in [3.8, 4) is 11.5 Å². The molecule has 2 amide bonds. The summed E-state index contributed by atoms with van der Waals surface area (Å²) in [6, 6.07) is 13.9. The lowest BCUT2D eigenvalue weighted by Gasteiger charge is -2.12. The Hall–Kier alpha value is -3.06. The van der Waals surface area contributed by atoms with Gasteiger partial charge in [-0.1, -0.05) is 0 Å². The highest BCUT2D eigenvalue weighted by Gasteiger charge is 2.16. The van der Waals surface area contributed by atoms with Gasteiger partial charge in [-0.05, 0) is 68.3 Å². The molecule has 0 radical (unpaired) electrons.